The average Bonchev–Trinajstić information content (AvgIpc) is 2.67. The Labute approximate surface area is 161 Å². The minimum atomic E-state index is -3.75. The molecule has 27 heavy (non-hydrogen) atoms. The molecule has 0 aliphatic heterocycles. The summed E-state index contributed by atoms with van der Waals surface area (Å²) in [6.45, 7) is 7.03. The summed E-state index contributed by atoms with van der Waals surface area (Å²) >= 11 is 0. The van der Waals surface area contributed by atoms with Crippen molar-refractivity contribution in [3.63, 3.8) is 0 Å². The van der Waals surface area contributed by atoms with Crippen molar-refractivity contribution in [1.82, 2.24) is 15.4 Å². The first-order valence-electron chi connectivity index (χ1n) is 9.02. The number of carbonyl (C=O) groups is 1. The van der Waals surface area contributed by atoms with Crippen LogP contribution in [0, 0.1) is 0 Å². The Kier molecular flexibility index (Phi) is 7.53. The zero-order valence-electron chi connectivity index (χ0n) is 15.9. The molecule has 2 aromatic rings. The Bertz CT molecular complexity index is 854. The number of hydrogen-bond acceptors (Lipinski definition) is 4. The molecule has 2 rings (SSSR count). The molecule has 0 spiro atoms. The van der Waals surface area contributed by atoms with E-state index in [4.69, 9.17) is 0 Å². The van der Waals surface area contributed by atoms with Gasteiger partial charge in [0.05, 0.1) is 4.90 Å². The molecule has 0 aromatic heterocycles. The van der Waals surface area contributed by atoms with Crippen LogP contribution in [0.3, 0.4) is 0 Å². The van der Waals surface area contributed by atoms with E-state index in [1.54, 1.807) is 19.1 Å². The normalized spacial score (nSPS) is 13.7. The van der Waals surface area contributed by atoms with Crippen molar-refractivity contribution >= 4 is 15.9 Å². The van der Waals surface area contributed by atoms with Gasteiger partial charge in [0, 0.05) is 24.2 Å². The molecule has 0 aliphatic rings. The first-order valence-corrected chi connectivity index (χ1v) is 10.5. The van der Waals surface area contributed by atoms with Crippen molar-refractivity contribution in [3.05, 3.63) is 65.7 Å². The molecule has 0 saturated heterocycles. The third-order valence-corrected chi connectivity index (χ3v) is 5.70. The SMILES string of the molecule is CCN[C@H](C)CNC(=O)c1cccc(S(=O)(=O)NC(C)c2ccccc2)c1. The molecule has 7 heteroatoms. The monoisotopic (exact) mass is 389 g/mol. The standard InChI is InChI=1S/C20H27N3O3S/c1-4-21-15(2)14-22-20(24)18-11-8-12-19(13-18)27(25,26)23-16(3)17-9-6-5-7-10-17/h5-13,15-16,21,23H,4,14H2,1-3H3,(H,22,24)/t15-,16?/m1/s1. The third-order valence-electron chi connectivity index (χ3n) is 4.16. The smallest absolute Gasteiger partial charge is 0.251 e. The maximum atomic E-state index is 12.7. The molecule has 0 radical (unpaired) electrons. The van der Waals surface area contributed by atoms with Crippen molar-refractivity contribution in [3.8, 4) is 0 Å². The summed E-state index contributed by atoms with van der Waals surface area (Å²) in [7, 11) is -3.75. The van der Waals surface area contributed by atoms with Crippen LogP contribution in [-0.2, 0) is 10.0 Å². The second-order valence-electron chi connectivity index (χ2n) is 6.45. The first kappa shape index (κ1) is 21.1. The Hall–Kier alpha value is -2.22. The fourth-order valence-corrected chi connectivity index (χ4v) is 3.96. The lowest BCUT2D eigenvalue weighted by Crippen LogP contribution is -2.38. The lowest BCUT2D eigenvalue weighted by atomic mass is 10.1. The molecule has 0 bridgehead atoms. The average molecular weight is 390 g/mol. The second-order valence-corrected chi connectivity index (χ2v) is 8.16. The van der Waals surface area contributed by atoms with Crippen LogP contribution in [0.2, 0.25) is 0 Å². The number of rotatable bonds is 9. The van der Waals surface area contributed by atoms with Crippen LogP contribution in [0.15, 0.2) is 59.5 Å². The van der Waals surface area contributed by atoms with Gasteiger partial charge in [0.25, 0.3) is 5.91 Å². The number of likely N-dealkylation sites (N-methyl/N-ethyl adjacent to an activating group) is 1. The summed E-state index contributed by atoms with van der Waals surface area (Å²) in [4.78, 5) is 12.4. The highest BCUT2D eigenvalue weighted by molar-refractivity contribution is 7.89. The number of amides is 1. The van der Waals surface area contributed by atoms with Gasteiger partial charge in [-0.15, -0.1) is 0 Å². The molecule has 146 valence electrons. The van der Waals surface area contributed by atoms with E-state index >= 15 is 0 Å². The Morgan fingerprint density at radius 3 is 2.41 bits per heavy atom. The predicted octanol–water partition coefficient (Wildman–Crippen LogP) is 2.45. The molecule has 1 amide bonds. The summed E-state index contributed by atoms with van der Waals surface area (Å²) in [5, 5.41) is 6.02. The highest BCUT2D eigenvalue weighted by Gasteiger charge is 2.19. The molecule has 0 aliphatic carbocycles. The van der Waals surface area contributed by atoms with Crippen LogP contribution >= 0.6 is 0 Å². The van der Waals surface area contributed by atoms with Crippen LogP contribution in [-0.4, -0.2) is 33.5 Å². The van der Waals surface area contributed by atoms with Crippen LogP contribution < -0.4 is 15.4 Å². The van der Waals surface area contributed by atoms with E-state index in [1.165, 1.54) is 12.1 Å². The van der Waals surface area contributed by atoms with E-state index in [9.17, 15) is 13.2 Å². The van der Waals surface area contributed by atoms with Crippen molar-refractivity contribution in [2.75, 3.05) is 13.1 Å². The van der Waals surface area contributed by atoms with Crippen LogP contribution in [0.4, 0.5) is 0 Å². The number of benzene rings is 2. The van der Waals surface area contributed by atoms with E-state index in [-0.39, 0.29) is 22.9 Å². The van der Waals surface area contributed by atoms with Gasteiger partial charge in [-0.1, -0.05) is 43.3 Å². The van der Waals surface area contributed by atoms with Gasteiger partial charge in [0.1, 0.15) is 0 Å². The van der Waals surface area contributed by atoms with Crippen molar-refractivity contribution in [2.45, 2.75) is 37.8 Å². The van der Waals surface area contributed by atoms with Gasteiger partial charge in [-0.05, 0) is 44.2 Å². The lowest BCUT2D eigenvalue weighted by Gasteiger charge is -2.16. The van der Waals surface area contributed by atoms with Gasteiger partial charge in [0.2, 0.25) is 10.0 Å². The Morgan fingerprint density at radius 2 is 1.74 bits per heavy atom. The molecule has 2 atom stereocenters. The number of nitrogens with one attached hydrogen (secondary N) is 3. The molecular formula is C20H27N3O3S. The molecule has 0 fully saturated rings. The zero-order chi connectivity index (χ0) is 19.9. The Balaban J connectivity index is 2.09. The molecule has 0 heterocycles. The molecule has 0 saturated carbocycles. The van der Waals surface area contributed by atoms with Crippen molar-refractivity contribution in [2.24, 2.45) is 0 Å². The zero-order valence-corrected chi connectivity index (χ0v) is 16.7. The van der Waals surface area contributed by atoms with Crippen LogP contribution in [0.25, 0.3) is 0 Å². The maximum Gasteiger partial charge on any atom is 0.251 e. The molecular weight excluding hydrogens is 362 g/mol. The minimum Gasteiger partial charge on any atom is -0.350 e. The van der Waals surface area contributed by atoms with Crippen molar-refractivity contribution < 1.29 is 13.2 Å². The Morgan fingerprint density at radius 1 is 1.04 bits per heavy atom. The predicted molar refractivity (Wildman–Crippen MR) is 107 cm³/mol. The van der Waals surface area contributed by atoms with E-state index in [1.807, 2.05) is 44.2 Å². The first-order chi connectivity index (χ1) is 12.8. The summed E-state index contributed by atoms with van der Waals surface area (Å²) in [5.41, 5.74) is 1.18. The summed E-state index contributed by atoms with van der Waals surface area (Å²) in [6, 6.07) is 15.1. The fourth-order valence-electron chi connectivity index (χ4n) is 2.68. The highest BCUT2D eigenvalue weighted by Crippen LogP contribution is 2.17. The largest absolute Gasteiger partial charge is 0.350 e. The van der Waals surface area contributed by atoms with Gasteiger partial charge < -0.3 is 10.6 Å². The topological polar surface area (TPSA) is 87.3 Å². The van der Waals surface area contributed by atoms with Crippen LogP contribution in [0.1, 0.15) is 42.7 Å². The molecule has 3 N–H and O–H groups in total. The van der Waals surface area contributed by atoms with E-state index < -0.39 is 10.0 Å². The second kappa shape index (κ2) is 9.64. The van der Waals surface area contributed by atoms with Gasteiger partial charge >= 0.3 is 0 Å². The quantitative estimate of drug-likeness (QED) is 0.615. The number of hydrogen-bond donors (Lipinski definition) is 3. The number of sulfonamides is 1. The molecule has 1 unspecified atom stereocenters. The van der Waals surface area contributed by atoms with Gasteiger partial charge in [-0.25, -0.2) is 13.1 Å². The van der Waals surface area contributed by atoms with E-state index in [2.05, 4.69) is 15.4 Å². The van der Waals surface area contributed by atoms with Gasteiger partial charge in [-0.3, -0.25) is 4.79 Å². The third kappa shape index (κ3) is 6.16. The summed E-state index contributed by atoms with van der Waals surface area (Å²) in [5.74, 6) is -0.298. The van der Waals surface area contributed by atoms with E-state index in [0.717, 1.165) is 12.1 Å². The molecule has 6 nitrogen and oxygen atoms in total. The highest BCUT2D eigenvalue weighted by atomic mass is 32.2. The summed E-state index contributed by atoms with van der Waals surface area (Å²) < 4.78 is 28.0. The van der Waals surface area contributed by atoms with Gasteiger partial charge in [0.15, 0.2) is 0 Å². The van der Waals surface area contributed by atoms with Crippen LogP contribution in [0.5, 0.6) is 0 Å². The lowest BCUT2D eigenvalue weighted by molar-refractivity contribution is 0.0950. The minimum absolute atomic E-state index is 0.0673. The van der Waals surface area contributed by atoms with Crippen molar-refractivity contribution in [1.29, 1.82) is 0 Å². The molecule has 2 aromatic carbocycles. The fraction of sp³-hybridized carbons (Fsp3) is 0.350. The number of carbonyl (C=O) groups excluding carboxylic acids is 1. The van der Waals surface area contributed by atoms with Gasteiger partial charge in [-0.2, -0.15) is 0 Å². The summed E-state index contributed by atoms with van der Waals surface area (Å²) in [6.07, 6.45) is 0. The van der Waals surface area contributed by atoms with E-state index in [0.29, 0.717) is 12.1 Å². The maximum absolute atomic E-state index is 12.7.